The van der Waals surface area contributed by atoms with Crippen molar-refractivity contribution in [3.8, 4) is 11.5 Å². The minimum Gasteiger partial charge on any atom is -0.454 e. The van der Waals surface area contributed by atoms with Gasteiger partial charge in [0.25, 0.3) is 0 Å². The molecule has 0 bridgehead atoms. The molecule has 34 heavy (non-hydrogen) atoms. The van der Waals surface area contributed by atoms with Crippen LogP contribution < -0.4 is 19.7 Å². The lowest BCUT2D eigenvalue weighted by Gasteiger charge is -2.26. The van der Waals surface area contributed by atoms with Gasteiger partial charge >= 0.3 is 0 Å². The fraction of sp³-hybridized carbons (Fsp3) is 0.391. The summed E-state index contributed by atoms with van der Waals surface area (Å²) in [6.07, 6.45) is 0.231. The first kappa shape index (κ1) is 22.6. The monoisotopic (exact) mass is 487 g/mol. The Bertz CT molecular complexity index is 1240. The molecule has 3 aliphatic heterocycles. The van der Waals surface area contributed by atoms with Gasteiger partial charge in [-0.1, -0.05) is 6.07 Å². The van der Waals surface area contributed by atoms with Gasteiger partial charge in [0.05, 0.1) is 18.1 Å². The number of carbonyl (C=O) groups excluding carboxylic acids is 2. The number of fused-ring (bicyclic) bond motifs is 2. The standard InChI is InChI=1S/C23H25N3O7S/c1-15(27)26-19-4-3-18(34(29,30)25-6-8-31-9-7-25)11-17(19)12-20(26)23(28)24-13-16-2-5-21-22(10-16)33-14-32-21/h2-5,10-11,20H,6-9,12-14H2,1H3,(H,24,28)/t20-/m0/s1. The zero-order valence-electron chi connectivity index (χ0n) is 18.7. The summed E-state index contributed by atoms with van der Waals surface area (Å²) in [5.41, 5.74) is 2.03. The number of ether oxygens (including phenoxy) is 3. The number of nitrogens with zero attached hydrogens (tertiary/aromatic N) is 2. The molecule has 3 aliphatic rings. The van der Waals surface area contributed by atoms with E-state index in [9.17, 15) is 18.0 Å². The molecule has 2 aromatic carbocycles. The number of rotatable bonds is 5. The van der Waals surface area contributed by atoms with Crippen LogP contribution in [0, 0.1) is 0 Å². The molecule has 0 radical (unpaired) electrons. The first-order valence-corrected chi connectivity index (χ1v) is 12.5. The number of carbonyl (C=O) groups is 2. The van der Waals surface area contributed by atoms with Crippen LogP contribution in [0.4, 0.5) is 5.69 Å². The zero-order valence-corrected chi connectivity index (χ0v) is 19.5. The van der Waals surface area contributed by atoms with E-state index in [2.05, 4.69) is 5.32 Å². The summed E-state index contributed by atoms with van der Waals surface area (Å²) in [4.78, 5) is 27.1. The second-order valence-corrected chi connectivity index (χ2v) is 10.3. The third kappa shape index (κ3) is 4.10. The Balaban J connectivity index is 1.33. The highest BCUT2D eigenvalue weighted by Crippen LogP contribution is 2.35. The summed E-state index contributed by atoms with van der Waals surface area (Å²) in [7, 11) is -3.68. The third-order valence-electron chi connectivity index (χ3n) is 6.19. The fourth-order valence-corrected chi connectivity index (χ4v) is 5.94. The highest BCUT2D eigenvalue weighted by Gasteiger charge is 2.38. The van der Waals surface area contributed by atoms with Gasteiger partial charge in [-0.3, -0.25) is 14.5 Å². The molecule has 0 aromatic heterocycles. The lowest BCUT2D eigenvalue weighted by molar-refractivity contribution is -0.125. The Morgan fingerprint density at radius 1 is 1.06 bits per heavy atom. The molecule has 5 rings (SSSR count). The summed E-state index contributed by atoms with van der Waals surface area (Å²) in [5, 5.41) is 2.88. The minimum atomic E-state index is -3.68. The van der Waals surface area contributed by atoms with Crippen LogP contribution >= 0.6 is 0 Å². The maximum Gasteiger partial charge on any atom is 0.243 e. The second-order valence-electron chi connectivity index (χ2n) is 8.32. The largest absolute Gasteiger partial charge is 0.454 e. The van der Waals surface area contributed by atoms with E-state index in [-0.39, 0.29) is 36.5 Å². The van der Waals surface area contributed by atoms with Crippen LogP contribution in [0.1, 0.15) is 18.1 Å². The van der Waals surface area contributed by atoms with Crippen molar-refractivity contribution >= 4 is 27.5 Å². The van der Waals surface area contributed by atoms with E-state index in [0.717, 1.165) is 5.56 Å². The number of nitrogens with one attached hydrogen (secondary N) is 1. The summed E-state index contributed by atoms with van der Waals surface area (Å²) in [6, 6.07) is 9.33. The molecular weight excluding hydrogens is 462 g/mol. The Hall–Kier alpha value is -3.15. The van der Waals surface area contributed by atoms with Crippen LogP contribution in [0.3, 0.4) is 0 Å². The highest BCUT2D eigenvalue weighted by atomic mass is 32.2. The van der Waals surface area contributed by atoms with E-state index >= 15 is 0 Å². The molecule has 11 heteroatoms. The molecule has 2 aromatic rings. The van der Waals surface area contributed by atoms with E-state index in [1.165, 1.54) is 22.2 Å². The number of anilines is 1. The van der Waals surface area contributed by atoms with Crippen molar-refractivity contribution in [1.82, 2.24) is 9.62 Å². The molecule has 0 unspecified atom stereocenters. The second kappa shape index (κ2) is 8.90. The van der Waals surface area contributed by atoms with E-state index in [0.29, 0.717) is 49.1 Å². The molecule has 1 atom stereocenters. The molecule has 1 N–H and O–H groups in total. The van der Waals surface area contributed by atoms with Crippen molar-refractivity contribution in [2.24, 2.45) is 0 Å². The average molecular weight is 488 g/mol. The first-order valence-electron chi connectivity index (χ1n) is 11.0. The van der Waals surface area contributed by atoms with Gasteiger partial charge in [-0.2, -0.15) is 4.31 Å². The van der Waals surface area contributed by atoms with Gasteiger partial charge in [0.1, 0.15) is 6.04 Å². The third-order valence-corrected chi connectivity index (χ3v) is 8.08. The number of hydrogen-bond acceptors (Lipinski definition) is 7. The maximum absolute atomic E-state index is 13.1. The van der Waals surface area contributed by atoms with Crippen LogP contribution in [0.15, 0.2) is 41.3 Å². The normalized spacial score (nSPS) is 19.7. The quantitative estimate of drug-likeness (QED) is 0.670. The van der Waals surface area contributed by atoms with E-state index < -0.39 is 16.1 Å². The van der Waals surface area contributed by atoms with Crippen molar-refractivity contribution < 1.29 is 32.2 Å². The summed E-state index contributed by atoms with van der Waals surface area (Å²) >= 11 is 0. The highest BCUT2D eigenvalue weighted by molar-refractivity contribution is 7.89. The Kier molecular flexibility index (Phi) is 5.92. The van der Waals surface area contributed by atoms with E-state index in [1.807, 2.05) is 6.07 Å². The molecule has 1 saturated heterocycles. The smallest absolute Gasteiger partial charge is 0.243 e. The number of morpholine rings is 1. The molecule has 1 fully saturated rings. The van der Waals surface area contributed by atoms with Crippen molar-refractivity contribution in [2.45, 2.75) is 30.8 Å². The van der Waals surface area contributed by atoms with Gasteiger partial charge in [-0.25, -0.2) is 8.42 Å². The van der Waals surface area contributed by atoms with Crippen molar-refractivity contribution in [2.75, 3.05) is 38.0 Å². The van der Waals surface area contributed by atoms with Crippen molar-refractivity contribution in [3.05, 3.63) is 47.5 Å². The molecular formula is C23H25N3O7S. The van der Waals surface area contributed by atoms with E-state index in [1.54, 1.807) is 24.3 Å². The zero-order chi connectivity index (χ0) is 23.9. The predicted molar refractivity (Wildman–Crippen MR) is 121 cm³/mol. The van der Waals surface area contributed by atoms with Gasteiger partial charge in [-0.05, 0) is 41.5 Å². The number of hydrogen-bond donors (Lipinski definition) is 1. The van der Waals surface area contributed by atoms with Crippen LogP contribution in [-0.2, 0) is 37.3 Å². The van der Waals surface area contributed by atoms with Crippen LogP contribution in [0.25, 0.3) is 0 Å². The molecule has 180 valence electrons. The van der Waals surface area contributed by atoms with Crippen LogP contribution in [0.5, 0.6) is 11.5 Å². The lowest BCUT2D eigenvalue weighted by atomic mass is 10.1. The fourth-order valence-electron chi connectivity index (χ4n) is 4.48. The van der Waals surface area contributed by atoms with E-state index in [4.69, 9.17) is 14.2 Å². The molecule has 10 nitrogen and oxygen atoms in total. The molecule has 2 amide bonds. The van der Waals surface area contributed by atoms with Gasteiger partial charge in [0, 0.05) is 38.7 Å². The summed E-state index contributed by atoms with van der Waals surface area (Å²) < 4.78 is 43.4. The maximum atomic E-state index is 13.1. The van der Waals surface area contributed by atoms with Gasteiger partial charge in [-0.15, -0.1) is 0 Å². The Labute approximate surface area is 197 Å². The molecule has 0 spiro atoms. The Morgan fingerprint density at radius 2 is 1.82 bits per heavy atom. The van der Waals surface area contributed by atoms with Crippen LogP contribution in [-0.4, -0.2) is 63.7 Å². The van der Waals surface area contributed by atoms with Gasteiger partial charge in [0.15, 0.2) is 11.5 Å². The minimum absolute atomic E-state index is 0.151. The van der Waals surface area contributed by atoms with Gasteiger partial charge < -0.3 is 19.5 Å². The molecule has 0 saturated carbocycles. The summed E-state index contributed by atoms with van der Waals surface area (Å²) in [5.74, 6) is 0.679. The SMILES string of the molecule is CC(=O)N1c2ccc(S(=O)(=O)N3CCOCC3)cc2C[C@H]1C(=O)NCc1ccc2c(c1)OCO2. The number of sulfonamides is 1. The lowest BCUT2D eigenvalue weighted by Crippen LogP contribution is -2.47. The number of amides is 2. The number of benzene rings is 2. The molecule has 0 aliphatic carbocycles. The average Bonchev–Trinajstić information content (AvgIpc) is 3.46. The van der Waals surface area contributed by atoms with Crippen LogP contribution in [0.2, 0.25) is 0 Å². The van der Waals surface area contributed by atoms with Crippen molar-refractivity contribution in [3.63, 3.8) is 0 Å². The topological polar surface area (TPSA) is 114 Å². The van der Waals surface area contributed by atoms with Crippen molar-refractivity contribution in [1.29, 1.82) is 0 Å². The Morgan fingerprint density at radius 3 is 2.59 bits per heavy atom. The first-order chi connectivity index (χ1) is 16.3. The molecule has 3 heterocycles. The summed E-state index contributed by atoms with van der Waals surface area (Å²) in [6.45, 7) is 3.12. The predicted octanol–water partition coefficient (Wildman–Crippen LogP) is 1.03. The van der Waals surface area contributed by atoms with Gasteiger partial charge in [0.2, 0.25) is 28.6 Å².